The fourth-order valence-corrected chi connectivity index (χ4v) is 3.10. The Morgan fingerprint density at radius 1 is 1.03 bits per heavy atom. The molecule has 0 bridgehead atoms. The monoisotopic (exact) mass is 448 g/mol. The van der Waals surface area contributed by atoms with E-state index in [1.54, 1.807) is 30.3 Å². The summed E-state index contributed by atoms with van der Waals surface area (Å²) < 4.78 is 39.2. The molecular formula is C23H27F3N4O2. The molecule has 1 aliphatic carbocycles. The number of urea groups is 1. The van der Waals surface area contributed by atoms with Gasteiger partial charge in [0.2, 0.25) is 0 Å². The van der Waals surface area contributed by atoms with Gasteiger partial charge in [0.15, 0.2) is 0 Å². The van der Waals surface area contributed by atoms with E-state index in [2.05, 4.69) is 10.6 Å². The molecular weight excluding hydrogens is 421 g/mol. The second-order valence-corrected chi connectivity index (χ2v) is 8.18. The minimum absolute atomic E-state index is 0.0559. The number of benzene rings is 2. The Labute approximate surface area is 185 Å². The molecule has 0 saturated heterocycles. The van der Waals surface area contributed by atoms with Crippen molar-refractivity contribution in [2.75, 3.05) is 32.5 Å². The second kappa shape index (κ2) is 10.0. The first-order valence-electron chi connectivity index (χ1n) is 10.4. The highest BCUT2D eigenvalue weighted by Crippen LogP contribution is 2.30. The van der Waals surface area contributed by atoms with Crippen molar-refractivity contribution in [3.8, 4) is 0 Å². The third kappa shape index (κ3) is 6.98. The Hall–Kier alpha value is -3.07. The first-order valence-corrected chi connectivity index (χ1v) is 10.4. The number of amides is 3. The van der Waals surface area contributed by atoms with E-state index in [0.29, 0.717) is 29.9 Å². The van der Waals surface area contributed by atoms with Crippen LogP contribution in [0, 0.1) is 0 Å². The number of carbonyl (C=O) groups is 2. The van der Waals surface area contributed by atoms with E-state index in [0.717, 1.165) is 25.0 Å². The number of nitrogens with one attached hydrogen (secondary N) is 2. The number of hydrogen-bond donors (Lipinski definition) is 2. The van der Waals surface area contributed by atoms with Gasteiger partial charge in [-0.05, 0) is 68.9 Å². The average molecular weight is 448 g/mol. The van der Waals surface area contributed by atoms with Gasteiger partial charge in [0.1, 0.15) is 0 Å². The Morgan fingerprint density at radius 2 is 1.72 bits per heavy atom. The molecule has 9 heteroatoms. The fraction of sp³-hybridized carbons (Fsp3) is 0.391. The molecule has 0 aliphatic heterocycles. The van der Waals surface area contributed by atoms with E-state index < -0.39 is 11.7 Å². The summed E-state index contributed by atoms with van der Waals surface area (Å²) in [5.74, 6) is -0.293. The zero-order valence-corrected chi connectivity index (χ0v) is 18.1. The highest BCUT2D eigenvalue weighted by Gasteiger charge is 2.30. The zero-order chi connectivity index (χ0) is 23.3. The van der Waals surface area contributed by atoms with Gasteiger partial charge in [-0.3, -0.25) is 4.79 Å². The predicted octanol–water partition coefficient (Wildman–Crippen LogP) is 4.19. The molecule has 3 amide bonds. The Kier molecular flexibility index (Phi) is 7.40. The molecule has 0 atom stereocenters. The molecule has 0 radical (unpaired) electrons. The summed E-state index contributed by atoms with van der Waals surface area (Å²) in [6, 6.07) is 11.4. The average Bonchev–Trinajstić information content (AvgIpc) is 3.54. The zero-order valence-electron chi connectivity index (χ0n) is 18.1. The summed E-state index contributed by atoms with van der Waals surface area (Å²) in [6.07, 6.45) is -2.48. The van der Waals surface area contributed by atoms with Crippen molar-refractivity contribution >= 4 is 17.6 Å². The van der Waals surface area contributed by atoms with Crippen LogP contribution < -0.4 is 10.6 Å². The van der Waals surface area contributed by atoms with E-state index >= 15 is 0 Å². The number of carbonyl (C=O) groups excluding carboxylic acids is 2. The first kappa shape index (κ1) is 23.6. The summed E-state index contributed by atoms with van der Waals surface area (Å²) in [4.78, 5) is 28.4. The number of alkyl halides is 3. The maximum Gasteiger partial charge on any atom is 0.416 e. The molecule has 32 heavy (non-hydrogen) atoms. The second-order valence-electron chi connectivity index (χ2n) is 8.18. The van der Waals surface area contributed by atoms with Crippen molar-refractivity contribution in [3.05, 3.63) is 65.2 Å². The van der Waals surface area contributed by atoms with Crippen molar-refractivity contribution in [3.63, 3.8) is 0 Å². The molecule has 172 valence electrons. The Morgan fingerprint density at radius 3 is 2.31 bits per heavy atom. The highest BCUT2D eigenvalue weighted by molar-refractivity contribution is 5.95. The van der Waals surface area contributed by atoms with Crippen LogP contribution in [-0.4, -0.2) is 55.0 Å². The quantitative estimate of drug-likeness (QED) is 0.637. The van der Waals surface area contributed by atoms with E-state index in [9.17, 15) is 22.8 Å². The van der Waals surface area contributed by atoms with Gasteiger partial charge in [-0.1, -0.05) is 12.1 Å². The van der Waals surface area contributed by atoms with Crippen LogP contribution in [0.25, 0.3) is 0 Å². The summed E-state index contributed by atoms with van der Waals surface area (Å²) in [5.41, 5.74) is 0.609. The van der Waals surface area contributed by atoms with Gasteiger partial charge < -0.3 is 20.4 Å². The molecule has 0 unspecified atom stereocenters. The summed E-state index contributed by atoms with van der Waals surface area (Å²) >= 11 is 0. The summed E-state index contributed by atoms with van der Waals surface area (Å²) in [5, 5.41) is 5.54. The number of anilines is 1. The third-order valence-corrected chi connectivity index (χ3v) is 5.03. The standard InChI is InChI=1S/C23H27F3N4O2/c1-29(2)12-13-30(15-16-4-3-5-18(14-16)23(24,25)26)21(31)17-6-8-19(9-7-17)27-22(32)28-20-10-11-20/h3-9,14,20H,10-13,15H2,1-2H3,(H2,27,28,32). The SMILES string of the molecule is CN(C)CCN(Cc1cccc(C(F)(F)F)c1)C(=O)c1ccc(NC(=O)NC2CC2)cc1. The van der Waals surface area contributed by atoms with Crippen molar-refractivity contribution in [1.82, 2.24) is 15.1 Å². The molecule has 6 nitrogen and oxygen atoms in total. The number of likely N-dealkylation sites (N-methyl/N-ethyl adjacent to an activating group) is 1. The number of halogens is 3. The van der Waals surface area contributed by atoms with Gasteiger partial charge in [0.25, 0.3) is 5.91 Å². The smallest absolute Gasteiger partial charge is 0.335 e. The van der Waals surface area contributed by atoms with Crippen LogP contribution >= 0.6 is 0 Å². The normalized spacial score (nSPS) is 13.7. The molecule has 1 fully saturated rings. The molecule has 1 saturated carbocycles. The van der Waals surface area contributed by atoms with E-state index in [1.165, 1.54) is 11.0 Å². The van der Waals surface area contributed by atoms with E-state index in [-0.39, 0.29) is 24.5 Å². The van der Waals surface area contributed by atoms with Crippen molar-refractivity contribution < 1.29 is 22.8 Å². The topological polar surface area (TPSA) is 64.7 Å². The lowest BCUT2D eigenvalue weighted by atomic mass is 10.1. The van der Waals surface area contributed by atoms with Crippen LogP contribution in [0.2, 0.25) is 0 Å². The Balaban J connectivity index is 1.71. The lowest BCUT2D eigenvalue weighted by Gasteiger charge is -2.25. The molecule has 2 aromatic rings. The maximum absolute atomic E-state index is 13.1. The number of hydrogen-bond acceptors (Lipinski definition) is 3. The van der Waals surface area contributed by atoms with E-state index in [4.69, 9.17) is 0 Å². The summed E-state index contributed by atoms with van der Waals surface area (Å²) in [6.45, 7) is 0.970. The number of rotatable bonds is 8. The maximum atomic E-state index is 13.1. The van der Waals surface area contributed by atoms with Gasteiger partial charge in [-0.25, -0.2) is 4.79 Å². The minimum atomic E-state index is -4.44. The molecule has 0 aromatic heterocycles. The van der Waals surface area contributed by atoms with Gasteiger partial charge in [0.05, 0.1) is 5.56 Å². The molecule has 0 spiro atoms. The Bertz CT molecular complexity index is 941. The van der Waals surface area contributed by atoms with Crippen molar-refractivity contribution in [2.24, 2.45) is 0 Å². The van der Waals surface area contributed by atoms with Crippen molar-refractivity contribution in [2.45, 2.75) is 31.6 Å². The van der Waals surface area contributed by atoms with E-state index in [1.807, 2.05) is 19.0 Å². The van der Waals surface area contributed by atoms with Gasteiger partial charge in [-0.2, -0.15) is 13.2 Å². The lowest BCUT2D eigenvalue weighted by Crippen LogP contribution is -2.36. The fourth-order valence-electron chi connectivity index (χ4n) is 3.10. The van der Waals surface area contributed by atoms with Gasteiger partial charge in [-0.15, -0.1) is 0 Å². The first-order chi connectivity index (χ1) is 15.1. The van der Waals surface area contributed by atoms with Gasteiger partial charge >= 0.3 is 12.2 Å². The van der Waals surface area contributed by atoms with Crippen LogP contribution in [0.3, 0.4) is 0 Å². The molecule has 2 N–H and O–H groups in total. The largest absolute Gasteiger partial charge is 0.416 e. The van der Waals surface area contributed by atoms with Crippen LogP contribution in [-0.2, 0) is 12.7 Å². The summed E-state index contributed by atoms with van der Waals surface area (Å²) in [7, 11) is 3.72. The van der Waals surface area contributed by atoms with Crippen LogP contribution in [0.4, 0.5) is 23.7 Å². The number of nitrogens with zero attached hydrogens (tertiary/aromatic N) is 2. The van der Waals surface area contributed by atoms with Crippen LogP contribution in [0.5, 0.6) is 0 Å². The van der Waals surface area contributed by atoms with Crippen LogP contribution in [0.1, 0.15) is 34.3 Å². The predicted molar refractivity (Wildman–Crippen MR) is 116 cm³/mol. The minimum Gasteiger partial charge on any atom is -0.335 e. The van der Waals surface area contributed by atoms with Gasteiger partial charge in [0, 0.05) is 36.9 Å². The van der Waals surface area contributed by atoms with Crippen molar-refractivity contribution in [1.29, 1.82) is 0 Å². The molecule has 2 aromatic carbocycles. The molecule has 1 aliphatic rings. The highest BCUT2D eigenvalue weighted by atomic mass is 19.4. The third-order valence-electron chi connectivity index (χ3n) is 5.03. The molecule has 0 heterocycles. The molecule has 3 rings (SSSR count). The lowest BCUT2D eigenvalue weighted by molar-refractivity contribution is -0.137. The van der Waals surface area contributed by atoms with Crippen LogP contribution in [0.15, 0.2) is 48.5 Å².